The van der Waals surface area contributed by atoms with Gasteiger partial charge in [-0.05, 0) is 6.07 Å². The second-order valence-corrected chi connectivity index (χ2v) is 5.11. The van der Waals surface area contributed by atoms with Crippen LogP contribution in [0.15, 0.2) is 10.6 Å². The zero-order valence-corrected chi connectivity index (χ0v) is 9.64. The van der Waals surface area contributed by atoms with Crippen LogP contribution in [0.25, 0.3) is 11.3 Å². The molecule has 0 spiro atoms. The number of rotatable bonds is 1. The van der Waals surface area contributed by atoms with Gasteiger partial charge in [-0.15, -0.1) is 11.3 Å². The van der Waals surface area contributed by atoms with Crippen molar-refractivity contribution < 1.29 is 4.52 Å². The monoisotopic (exact) mass is 268 g/mol. The molecule has 0 radical (unpaired) electrons. The first-order chi connectivity index (χ1) is 6.59. The lowest BCUT2D eigenvalue weighted by molar-refractivity contribution is 0.436. The van der Waals surface area contributed by atoms with Gasteiger partial charge in [-0.25, -0.2) is 0 Å². The molecule has 0 bridgehead atoms. The van der Waals surface area contributed by atoms with Gasteiger partial charge < -0.3 is 10.3 Å². The highest BCUT2D eigenvalue weighted by atomic mass is 35.5. The van der Waals surface area contributed by atoms with Crippen molar-refractivity contribution in [3.8, 4) is 11.3 Å². The van der Waals surface area contributed by atoms with Gasteiger partial charge in [0.25, 0.3) is 0 Å². The zero-order valence-electron chi connectivity index (χ0n) is 6.55. The van der Waals surface area contributed by atoms with Crippen LogP contribution in [-0.4, -0.2) is 5.16 Å². The Kier molecular flexibility index (Phi) is 2.62. The average Bonchev–Trinajstić information content (AvgIpc) is 2.59. The largest absolute Gasteiger partial charge is 0.380 e. The molecule has 74 valence electrons. The number of hydrogen-bond donors (Lipinski definition) is 1. The molecule has 14 heavy (non-hydrogen) atoms. The topological polar surface area (TPSA) is 52.0 Å². The molecule has 3 nitrogen and oxygen atoms in total. The standard InChI is InChI=1S/C7H3Cl3N2OS/c8-3-1-2(6(10)14-3)5-4(9)7(11)12-13-5/h1H,(H2,11,12). The highest BCUT2D eigenvalue weighted by Gasteiger charge is 2.18. The number of nitrogens with zero attached hydrogens (tertiary/aromatic N) is 1. The van der Waals surface area contributed by atoms with E-state index < -0.39 is 0 Å². The first kappa shape index (κ1) is 10.1. The van der Waals surface area contributed by atoms with Crippen LogP contribution >= 0.6 is 46.1 Å². The van der Waals surface area contributed by atoms with Gasteiger partial charge >= 0.3 is 0 Å². The predicted molar refractivity (Wildman–Crippen MR) is 59.3 cm³/mol. The summed E-state index contributed by atoms with van der Waals surface area (Å²) in [7, 11) is 0. The Morgan fingerprint density at radius 2 is 2.07 bits per heavy atom. The van der Waals surface area contributed by atoms with Crippen molar-refractivity contribution in [1.82, 2.24) is 5.16 Å². The van der Waals surface area contributed by atoms with Crippen LogP contribution in [-0.2, 0) is 0 Å². The van der Waals surface area contributed by atoms with Crippen molar-refractivity contribution in [1.29, 1.82) is 0 Å². The molecule has 0 aliphatic rings. The van der Waals surface area contributed by atoms with Crippen molar-refractivity contribution in [2.24, 2.45) is 0 Å². The minimum atomic E-state index is 0.139. The zero-order chi connectivity index (χ0) is 10.3. The van der Waals surface area contributed by atoms with Gasteiger partial charge in [-0.3, -0.25) is 0 Å². The van der Waals surface area contributed by atoms with E-state index in [-0.39, 0.29) is 10.8 Å². The molecule has 0 saturated carbocycles. The van der Waals surface area contributed by atoms with Gasteiger partial charge in [-0.1, -0.05) is 40.0 Å². The number of nitrogens with two attached hydrogens (primary N) is 1. The van der Waals surface area contributed by atoms with Crippen molar-refractivity contribution >= 4 is 52.0 Å². The van der Waals surface area contributed by atoms with E-state index in [4.69, 9.17) is 45.1 Å². The fourth-order valence-corrected chi connectivity index (χ4v) is 2.58. The summed E-state index contributed by atoms with van der Waals surface area (Å²) >= 11 is 18.8. The molecule has 0 atom stereocenters. The molecule has 2 heterocycles. The van der Waals surface area contributed by atoms with Crippen molar-refractivity contribution in [3.05, 3.63) is 19.8 Å². The highest BCUT2D eigenvalue weighted by Crippen LogP contribution is 2.42. The number of hydrogen-bond acceptors (Lipinski definition) is 4. The lowest BCUT2D eigenvalue weighted by Crippen LogP contribution is -1.82. The van der Waals surface area contributed by atoms with Gasteiger partial charge in [0.15, 0.2) is 11.6 Å². The van der Waals surface area contributed by atoms with Gasteiger partial charge in [0.1, 0.15) is 9.36 Å². The molecular formula is C7H3Cl3N2OS. The number of aromatic nitrogens is 1. The van der Waals surface area contributed by atoms with Crippen LogP contribution in [0.1, 0.15) is 0 Å². The molecule has 0 unspecified atom stereocenters. The first-order valence-electron chi connectivity index (χ1n) is 3.45. The van der Waals surface area contributed by atoms with Crippen LogP contribution < -0.4 is 5.73 Å². The molecule has 0 amide bonds. The molecular weight excluding hydrogens is 267 g/mol. The Hall–Kier alpha value is -0.420. The van der Waals surface area contributed by atoms with Gasteiger partial charge in [0, 0.05) is 0 Å². The van der Waals surface area contributed by atoms with Crippen LogP contribution in [0, 0.1) is 0 Å². The van der Waals surface area contributed by atoms with E-state index in [9.17, 15) is 0 Å². The fraction of sp³-hybridized carbons (Fsp3) is 0. The maximum atomic E-state index is 5.91. The molecule has 0 aliphatic carbocycles. The normalized spacial score (nSPS) is 10.8. The Balaban J connectivity index is 2.59. The van der Waals surface area contributed by atoms with Gasteiger partial charge in [0.2, 0.25) is 0 Å². The molecule has 0 aromatic carbocycles. The summed E-state index contributed by atoms with van der Waals surface area (Å²) in [4.78, 5) is 0. The lowest BCUT2D eigenvalue weighted by Gasteiger charge is -1.90. The van der Waals surface area contributed by atoms with E-state index in [1.807, 2.05) is 0 Å². The Labute approximate surface area is 98.3 Å². The third kappa shape index (κ3) is 1.59. The Bertz CT molecular complexity index is 479. The van der Waals surface area contributed by atoms with Crippen LogP contribution in [0.4, 0.5) is 5.82 Å². The van der Waals surface area contributed by atoms with E-state index in [0.717, 1.165) is 0 Å². The molecule has 7 heteroatoms. The molecule has 0 fully saturated rings. The maximum absolute atomic E-state index is 5.91. The summed E-state index contributed by atoms with van der Waals surface area (Å²) in [6.07, 6.45) is 0. The summed E-state index contributed by atoms with van der Waals surface area (Å²) in [6.45, 7) is 0. The van der Waals surface area contributed by atoms with E-state index >= 15 is 0 Å². The summed E-state index contributed by atoms with van der Waals surface area (Å²) in [5, 5.41) is 3.77. The summed E-state index contributed by atoms with van der Waals surface area (Å²) < 4.78 is 5.98. The smallest absolute Gasteiger partial charge is 0.190 e. The van der Waals surface area contributed by atoms with Crippen LogP contribution in [0.5, 0.6) is 0 Å². The van der Waals surface area contributed by atoms with Crippen molar-refractivity contribution in [2.45, 2.75) is 0 Å². The second kappa shape index (κ2) is 3.62. The Morgan fingerprint density at radius 1 is 1.36 bits per heavy atom. The van der Waals surface area contributed by atoms with Crippen LogP contribution in [0.2, 0.25) is 13.7 Å². The number of halogens is 3. The first-order valence-corrected chi connectivity index (χ1v) is 5.40. The van der Waals surface area contributed by atoms with E-state index in [1.54, 1.807) is 6.07 Å². The summed E-state index contributed by atoms with van der Waals surface area (Å²) in [5.41, 5.74) is 6.03. The average molecular weight is 270 g/mol. The van der Waals surface area contributed by atoms with Gasteiger partial charge in [-0.2, -0.15) is 0 Å². The van der Waals surface area contributed by atoms with E-state index in [0.29, 0.717) is 20.0 Å². The quantitative estimate of drug-likeness (QED) is 0.853. The van der Waals surface area contributed by atoms with Gasteiger partial charge in [0.05, 0.1) is 9.90 Å². The molecule has 2 aromatic rings. The number of anilines is 1. The predicted octanol–water partition coefficient (Wildman–Crippen LogP) is 3.95. The maximum Gasteiger partial charge on any atom is 0.190 e. The van der Waals surface area contributed by atoms with Crippen molar-refractivity contribution in [3.63, 3.8) is 0 Å². The summed E-state index contributed by atoms with van der Waals surface area (Å²) in [5.74, 6) is 0.484. The number of nitrogen functional groups attached to an aromatic ring is 1. The molecule has 0 aliphatic heterocycles. The lowest BCUT2D eigenvalue weighted by atomic mass is 10.2. The molecule has 0 saturated heterocycles. The van der Waals surface area contributed by atoms with Crippen molar-refractivity contribution in [2.75, 3.05) is 5.73 Å². The summed E-state index contributed by atoms with van der Waals surface area (Å²) in [6, 6.07) is 1.65. The Morgan fingerprint density at radius 3 is 2.50 bits per heavy atom. The van der Waals surface area contributed by atoms with E-state index in [2.05, 4.69) is 5.16 Å². The second-order valence-electron chi connectivity index (χ2n) is 2.45. The highest BCUT2D eigenvalue weighted by molar-refractivity contribution is 7.20. The SMILES string of the molecule is Nc1noc(-c2cc(Cl)sc2Cl)c1Cl. The third-order valence-corrected chi connectivity index (χ3v) is 3.41. The third-order valence-electron chi connectivity index (χ3n) is 1.56. The van der Waals surface area contributed by atoms with E-state index in [1.165, 1.54) is 11.3 Å². The molecule has 2 aromatic heterocycles. The van der Waals surface area contributed by atoms with Crippen LogP contribution in [0.3, 0.4) is 0 Å². The number of thiophene rings is 1. The minimum absolute atomic E-state index is 0.139. The molecule has 2 N–H and O–H groups in total. The molecule has 2 rings (SSSR count). The fourth-order valence-electron chi connectivity index (χ4n) is 0.954. The minimum Gasteiger partial charge on any atom is -0.380 e.